The molecule has 0 aliphatic heterocycles. The van der Waals surface area contributed by atoms with E-state index in [1.165, 1.54) is 41.7 Å². The summed E-state index contributed by atoms with van der Waals surface area (Å²) in [6.07, 6.45) is 1.89. The molecule has 6 aromatic carbocycles. The fourth-order valence-electron chi connectivity index (χ4n) is 7.57. The molecule has 6 heteroatoms. The molecule has 218 valence electrons. The van der Waals surface area contributed by atoms with Crippen LogP contribution in [0, 0.1) is 0 Å². The number of rotatable bonds is 2. The number of pyridine rings is 1. The fraction of sp³-hybridized carbons (Fsp3) is 0. The lowest BCUT2D eigenvalue weighted by molar-refractivity contribution is 1.07. The highest BCUT2D eigenvalue weighted by Gasteiger charge is 2.23. The fourth-order valence-corrected chi connectivity index (χ4v) is 8.79. The minimum absolute atomic E-state index is 0.780. The van der Waals surface area contributed by atoms with Gasteiger partial charge >= 0.3 is 0 Å². The van der Waals surface area contributed by atoms with Crippen LogP contribution in [0.1, 0.15) is 0 Å². The summed E-state index contributed by atoms with van der Waals surface area (Å²) in [6.45, 7) is 0. The van der Waals surface area contributed by atoms with Gasteiger partial charge in [0.05, 0.1) is 33.1 Å². The molecule has 0 atom stereocenters. The highest BCUT2D eigenvalue weighted by atomic mass is 32.1. The second-order valence-corrected chi connectivity index (χ2v) is 13.1. The molecule has 0 aliphatic rings. The number of benzene rings is 6. The van der Waals surface area contributed by atoms with Crippen LogP contribution < -0.4 is 0 Å². The van der Waals surface area contributed by atoms with Gasteiger partial charge < -0.3 is 0 Å². The second kappa shape index (κ2) is 9.22. The Hall–Kier alpha value is -6.11. The SMILES string of the molecule is c1ccc2nc(-n3c4cccc5ccc6c7ccccc7n(c7ncccc73)c6c54)c(-c3cccc4c3sc3ccccc34)nc2c1. The standard InChI is InChI=1S/C41H23N5S/c1-5-17-32-25(11-1)27-22-21-24-10-7-18-33-36(24)38(27)46(32)40-34(19-9-23-42-40)45(33)41-37(43-30-15-3-4-16-31(30)44-41)29-14-8-13-28-26-12-2-6-20-35(26)47-39(28)29/h1-23H. The van der Waals surface area contributed by atoms with Crippen LogP contribution in [0.4, 0.5) is 0 Å². The van der Waals surface area contributed by atoms with E-state index >= 15 is 0 Å². The topological polar surface area (TPSA) is 48.0 Å². The van der Waals surface area contributed by atoms with E-state index < -0.39 is 0 Å². The molecule has 47 heavy (non-hydrogen) atoms. The monoisotopic (exact) mass is 617 g/mol. The van der Waals surface area contributed by atoms with E-state index in [1.54, 1.807) is 0 Å². The molecule has 5 nitrogen and oxygen atoms in total. The predicted octanol–water partition coefficient (Wildman–Crippen LogP) is 10.7. The first-order valence-corrected chi connectivity index (χ1v) is 16.5. The van der Waals surface area contributed by atoms with Gasteiger partial charge in [0.1, 0.15) is 5.69 Å². The van der Waals surface area contributed by atoms with Crippen LogP contribution in [0.3, 0.4) is 0 Å². The number of hydrogen-bond acceptors (Lipinski definition) is 4. The van der Waals surface area contributed by atoms with Gasteiger partial charge in [-0.1, -0.05) is 91.0 Å². The molecule has 0 fully saturated rings. The van der Waals surface area contributed by atoms with Gasteiger partial charge in [-0.2, -0.15) is 0 Å². The van der Waals surface area contributed by atoms with Crippen LogP contribution in [-0.4, -0.2) is 23.9 Å². The number of thiophene rings is 1. The predicted molar refractivity (Wildman–Crippen MR) is 196 cm³/mol. The maximum atomic E-state index is 5.47. The molecule has 0 unspecified atom stereocenters. The zero-order valence-corrected chi connectivity index (χ0v) is 25.7. The zero-order chi connectivity index (χ0) is 30.6. The maximum Gasteiger partial charge on any atom is 0.165 e. The van der Waals surface area contributed by atoms with Crippen LogP contribution in [0.2, 0.25) is 0 Å². The summed E-state index contributed by atoms with van der Waals surface area (Å²) in [6, 6.07) is 47.2. The smallest absolute Gasteiger partial charge is 0.165 e. The molecule has 0 spiro atoms. The summed E-state index contributed by atoms with van der Waals surface area (Å²) in [5, 5.41) is 7.25. The number of aromatic nitrogens is 5. The number of hydrogen-bond donors (Lipinski definition) is 0. The van der Waals surface area contributed by atoms with Crippen molar-refractivity contribution in [3.05, 3.63) is 140 Å². The molecule has 0 radical (unpaired) electrons. The van der Waals surface area contributed by atoms with Crippen molar-refractivity contribution in [2.45, 2.75) is 0 Å². The first-order chi connectivity index (χ1) is 23.3. The van der Waals surface area contributed by atoms with Gasteiger partial charge in [-0.25, -0.2) is 15.0 Å². The molecule has 5 heterocycles. The highest BCUT2D eigenvalue weighted by Crippen LogP contribution is 2.43. The molecular formula is C41H23N5S. The lowest BCUT2D eigenvalue weighted by Crippen LogP contribution is -2.06. The van der Waals surface area contributed by atoms with Crippen molar-refractivity contribution in [3.63, 3.8) is 0 Å². The Kier molecular flexibility index (Phi) is 4.93. The minimum Gasteiger partial charge on any atom is -0.291 e. The maximum absolute atomic E-state index is 5.47. The van der Waals surface area contributed by atoms with E-state index in [0.29, 0.717) is 0 Å². The Morgan fingerprint density at radius 1 is 0.532 bits per heavy atom. The lowest BCUT2D eigenvalue weighted by atomic mass is 10.0. The normalized spacial score (nSPS) is 12.3. The van der Waals surface area contributed by atoms with E-state index in [-0.39, 0.29) is 0 Å². The van der Waals surface area contributed by atoms with Gasteiger partial charge in [-0.05, 0) is 47.9 Å². The molecule has 5 aromatic heterocycles. The van der Waals surface area contributed by atoms with Crippen molar-refractivity contribution in [1.82, 2.24) is 23.9 Å². The van der Waals surface area contributed by atoms with Crippen molar-refractivity contribution in [2.24, 2.45) is 0 Å². The first-order valence-electron chi connectivity index (χ1n) is 15.7. The molecule has 0 aliphatic carbocycles. The molecule has 11 rings (SSSR count). The lowest BCUT2D eigenvalue weighted by Gasteiger charge is -2.16. The third-order valence-corrected chi connectivity index (χ3v) is 10.8. The van der Waals surface area contributed by atoms with E-state index in [2.05, 4.69) is 124 Å². The number of fused-ring (bicyclic) bond motifs is 9. The Morgan fingerprint density at radius 2 is 1.28 bits per heavy atom. The van der Waals surface area contributed by atoms with Gasteiger partial charge in [0, 0.05) is 48.1 Å². The quantitative estimate of drug-likeness (QED) is 0.194. The van der Waals surface area contributed by atoms with E-state index in [1.807, 2.05) is 35.7 Å². The summed E-state index contributed by atoms with van der Waals surface area (Å²) in [7, 11) is 0. The third-order valence-electron chi connectivity index (χ3n) is 9.54. The molecule has 11 aromatic rings. The Labute approximate surface area is 271 Å². The average Bonchev–Trinajstić information content (AvgIpc) is 3.64. The van der Waals surface area contributed by atoms with E-state index in [9.17, 15) is 0 Å². The summed E-state index contributed by atoms with van der Waals surface area (Å²) in [4.78, 5) is 16.0. The van der Waals surface area contributed by atoms with Gasteiger partial charge in [0.2, 0.25) is 0 Å². The second-order valence-electron chi connectivity index (χ2n) is 12.0. The van der Waals surface area contributed by atoms with Crippen LogP contribution >= 0.6 is 11.3 Å². The molecule has 0 N–H and O–H groups in total. The van der Waals surface area contributed by atoms with Crippen molar-refractivity contribution in [2.75, 3.05) is 0 Å². The van der Waals surface area contributed by atoms with Crippen molar-refractivity contribution in [1.29, 1.82) is 0 Å². The van der Waals surface area contributed by atoms with E-state index in [4.69, 9.17) is 15.0 Å². The number of nitrogens with zero attached hydrogens (tertiary/aromatic N) is 5. The highest BCUT2D eigenvalue weighted by molar-refractivity contribution is 7.26. The summed E-state index contributed by atoms with van der Waals surface area (Å²) in [5.41, 5.74) is 8.78. The van der Waals surface area contributed by atoms with Gasteiger partial charge in [-0.15, -0.1) is 11.3 Å². The van der Waals surface area contributed by atoms with Crippen LogP contribution in [0.15, 0.2) is 140 Å². The van der Waals surface area contributed by atoms with Gasteiger partial charge in [-0.3, -0.25) is 8.97 Å². The van der Waals surface area contributed by atoms with Gasteiger partial charge in [0.15, 0.2) is 11.5 Å². The average molecular weight is 618 g/mol. The Morgan fingerprint density at radius 3 is 2.21 bits per heavy atom. The van der Waals surface area contributed by atoms with Crippen molar-refractivity contribution >= 4 is 91.8 Å². The first kappa shape index (κ1) is 25.1. The number of para-hydroxylation sites is 3. The Bertz CT molecular complexity index is 3080. The van der Waals surface area contributed by atoms with Crippen LogP contribution in [0.5, 0.6) is 0 Å². The van der Waals surface area contributed by atoms with E-state index in [0.717, 1.165) is 55.8 Å². The van der Waals surface area contributed by atoms with Crippen LogP contribution in [0.25, 0.3) is 97.5 Å². The Balaban J connectivity index is 1.40. The zero-order valence-electron chi connectivity index (χ0n) is 24.9. The van der Waals surface area contributed by atoms with Crippen LogP contribution in [-0.2, 0) is 0 Å². The molecule has 0 saturated heterocycles. The molecule has 0 saturated carbocycles. The largest absolute Gasteiger partial charge is 0.291 e. The summed E-state index contributed by atoms with van der Waals surface area (Å²) < 4.78 is 7.11. The molecular weight excluding hydrogens is 595 g/mol. The molecule has 0 amide bonds. The third kappa shape index (κ3) is 3.34. The van der Waals surface area contributed by atoms with Crippen molar-refractivity contribution < 1.29 is 0 Å². The summed E-state index contributed by atoms with van der Waals surface area (Å²) >= 11 is 1.81. The summed E-state index contributed by atoms with van der Waals surface area (Å²) in [5.74, 6) is 0.780. The molecule has 0 bridgehead atoms. The van der Waals surface area contributed by atoms with Gasteiger partial charge in [0.25, 0.3) is 0 Å². The minimum atomic E-state index is 0.780. The van der Waals surface area contributed by atoms with Crippen molar-refractivity contribution in [3.8, 4) is 17.1 Å².